The smallest absolute Gasteiger partial charge is 0.379 e. The average molecular weight is 497 g/mol. The summed E-state index contributed by atoms with van der Waals surface area (Å²) in [5, 5.41) is 0. The van der Waals surface area contributed by atoms with Gasteiger partial charge < -0.3 is 19.3 Å². The van der Waals surface area contributed by atoms with Crippen LogP contribution < -0.4 is 4.90 Å². The summed E-state index contributed by atoms with van der Waals surface area (Å²) in [6, 6.07) is -0.00257. The van der Waals surface area contributed by atoms with E-state index in [2.05, 4.69) is 16.9 Å². The quantitative estimate of drug-likeness (QED) is 0.595. The topological polar surface area (TPSA) is 67.8 Å². The molecule has 4 heterocycles. The van der Waals surface area contributed by atoms with Crippen LogP contribution in [0.3, 0.4) is 0 Å². The van der Waals surface area contributed by atoms with Crippen LogP contribution in [0, 0.1) is 17.3 Å². The summed E-state index contributed by atoms with van der Waals surface area (Å²) >= 11 is 0. The third kappa shape index (κ3) is 4.63. The van der Waals surface area contributed by atoms with Gasteiger partial charge in [-0.3, -0.25) is 9.78 Å². The van der Waals surface area contributed by atoms with Crippen molar-refractivity contribution in [2.75, 3.05) is 38.3 Å². The predicted octanol–water partition coefficient (Wildman–Crippen LogP) is 3.92. The van der Waals surface area contributed by atoms with Gasteiger partial charge in [-0.1, -0.05) is 6.92 Å². The van der Waals surface area contributed by atoms with E-state index in [1.807, 2.05) is 9.80 Å². The molecule has 0 radical (unpaired) electrons. The van der Waals surface area contributed by atoms with Crippen LogP contribution in [0.4, 0.5) is 19.0 Å². The number of ether oxygens (including phenoxy) is 2. The molecule has 3 aliphatic heterocycles. The molecular weight excluding hydrogens is 461 g/mol. The zero-order valence-electron chi connectivity index (χ0n) is 20.5. The van der Waals surface area contributed by atoms with Crippen molar-refractivity contribution < 1.29 is 27.4 Å². The van der Waals surface area contributed by atoms with Gasteiger partial charge in [0.15, 0.2) is 5.69 Å². The summed E-state index contributed by atoms with van der Waals surface area (Å²) in [6.07, 6.45) is 4.30. The minimum absolute atomic E-state index is 0.0136. The van der Waals surface area contributed by atoms with Crippen molar-refractivity contribution in [3.8, 4) is 0 Å². The van der Waals surface area contributed by atoms with Crippen molar-refractivity contribution in [2.24, 2.45) is 17.3 Å². The Morgan fingerprint density at radius 1 is 1.26 bits per heavy atom. The van der Waals surface area contributed by atoms with Crippen molar-refractivity contribution in [3.63, 3.8) is 0 Å². The number of halogens is 3. The summed E-state index contributed by atoms with van der Waals surface area (Å²) in [4.78, 5) is 25.4. The van der Waals surface area contributed by atoms with Gasteiger partial charge in [-0.05, 0) is 56.8 Å². The van der Waals surface area contributed by atoms with Crippen molar-refractivity contribution in [1.29, 1.82) is 0 Å². The van der Waals surface area contributed by atoms with Gasteiger partial charge in [0.05, 0.1) is 37.2 Å². The van der Waals surface area contributed by atoms with Crippen LogP contribution in [0.2, 0.25) is 0 Å². The third-order valence-corrected chi connectivity index (χ3v) is 8.93. The van der Waals surface area contributed by atoms with Crippen LogP contribution in [0.5, 0.6) is 0 Å². The van der Waals surface area contributed by atoms with E-state index in [0.29, 0.717) is 31.5 Å². The zero-order chi connectivity index (χ0) is 24.8. The highest BCUT2D eigenvalue weighted by Gasteiger charge is 2.53. The first-order valence-corrected chi connectivity index (χ1v) is 12.8. The van der Waals surface area contributed by atoms with E-state index in [1.54, 1.807) is 7.11 Å². The Balaban J connectivity index is 1.23. The second-order valence-electron chi connectivity index (χ2n) is 10.8. The fourth-order valence-corrected chi connectivity index (χ4v) is 6.95. The van der Waals surface area contributed by atoms with Gasteiger partial charge in [0.2, 0.25) is 5.91 Å². The number of hydrogen-bond acceptors (Lipinski definition) is 6. The predicted molar refractivity (Wildman–Crippen MR) is 123 cm³/mol. The van der Waals surface area contributed by atoms with Crippen LogP contribution in [0.1, 0.15) is 57.6 Å². The molecule has 2 bridgehead atoms. The van der Waals surface area contributed by atoms with Crippen molar-refractivity contribution in [2.45, 2.75) is 76.2 Å². The summed E-state index contributed by atoms with van der Waals surface area (Å²) in [7, 11) is 1.75. The molecule has 10 heteroatoms. The fraction of sp³-hybridized carbons (Fsp3) is 0.800. The number of rotatable bonds is 6. The molecule has 0 aromatic carbocycles. The Hall–Kier alpha value is -1.94. The molecule has 1 aliphatic carbocycles. The Morgan fingerprint density at radius 3 is 2.77 bits per heavy atom. The monoisotopic (exact) mass is 496 g/mol. The molecular formula is C25H35F3N4O3. The number of fused-ring (bicyclic) bond motifs is 2. The molecule has 4 aliphatic rings. The number of piperazine rings is 1. The summed E-state index contributed by atoms with van der Waals surface area (Å²) in [6.45, 7) is 4.59. The van der Waals surface area contributed by atoms with Crippen LogP contribution in [0.25, 0.3) is 0 Å². The lowest BCUT2D eigenvalue weighted by Crippen LogP contribution is -2.53. The number of methoxy groups -OCH3 is 1. The lowest BCUT2D eigenvalue weighted by atomic mass is 9.79. The number of alkyl halides is 3. The maximum atomic E-state index is 13.9. The molecule has 0 unspecified atom stereocenters. The fourth-order valence-electron chi connectivity index (χ4n) is 6.95. The van der Waals surface area contributed by atoms with Crippen LogP contribution in [0.15, 0.2) is 12.4 Å². The van der Waals surface area contributed by atoms with E-state index in [0.717, 1.165) is 57.7 Å². The van der Waals surface area contributed by atoms with E-state index in [9.17, 15) is 18.0 Å². The Bertz CT molecular complexity index is 931. The molecule has 5 rings (SSSR count). The third-order valence-electron chi connectivity index (χ3n) is 8.93. The van der Waals surface area contributed by atoms with Gasteiger partial charge in [-0.15, -0.1) is 0 Å². The molecule has 194 valence electrons. The minimum atomic E-state index is -4.52. The zero-order valence-corrected chi connectivity index (χ0v) is 20.5. The number of hydrogen-bond donors (Lipinski definition) is 0. The number of carbonyl (C=O) groups is 1. The van der Waals surface area contributed by atoms with Crippen LogP contribution in [-0.2, 0) is 20.4 Å². The Labute approximate surface area is 204 Å². The second kappa shape index (κ2) is 9.50. The summed E-state index contributed by atoms with van der Waals surface area (Å²) in [5.74, 6) is 1.47. The average Bonchev–Trinajstić information content (AvgIpc) is 3.58. The number of carbonyl (C=O) groups excluding carboxylic acids is 1. The molecule has 7 nitrogen and oxygen atoms in total. The van der Waals surface area contributed by atoms with Crippen LogP contribution >= 0.6 is 0 Å². The van der Waals surface area contributed by atoms with Crippen molar-refractivity contribution in [3.05, 3.63) is 18.1 Å². The van der Waals surface area contributed by atoms with Gasteiger partial charge >= 0.3 is 6.18 Å². The number of amides is 1. The van der Waals surface area contributed by atoms with E-state index in [-0.39, 0.29) is 35.3 Å². The van der Waals surface area contributed by atoms with Gasteiger partial charge in [-0.25, -0.2) is 4.98 Å². The van der Waals surface area contributed by atoms with Gasteiger partial charge in [0.1, 0.15) is 5.82 Å². The number of nitrogens with zero attached hydrogens (tertiary/aromatic N) is 4. The van der Waals surface area contributed by atoms with E-state index in [4.69, 9.17) is 9.47 Å². The normalized spacial score (nSPS) is 35.2. The Kier molecular flexibility index (Phi) is 6.72. The maximum absolute atomic E-state index is 13.9. The molecule has 3 saturated heterocycles. The highest BCUT2D eigenvalue weighted by Crippen LogP contribution is 2.50. The van der Waals surface area contributed by atoms with E-state index in [1.165, 1.54) is 6.20 Å². The lowest BCUT2D eigenvalue weighted by molar-refractivity contribution is -0.143. The number of likely N-dealkylation sites (tertiary alicyclic amines) is 1. The molecule has 1 saturated carbocycles. The van der Waals surface area contributed by atoms with E-state index >= 15 is 0 Å². The SMILES string of the molecule is CC[C@]1(C(=O)N2C[C@@H]3C[C@H]2CN3c2cncc(C(F)(F)F)n2)CC[C@@H](C[C@H]2CCOC[C@H]2OC)C1. The van der Waals surface area contributed by atoms with E-state index < -0.39 is 11.9 Å². The lowest BCUT2D eigenvalue weighted by Gasteiger charge is -2.40. The highest BCUT2D eigenvalue weighted by molar-refractivity contribution is 5.84. The first-order chi connectivity index (χ1) is 16.7. The highest BCUT2D eigenvalue weighted by atomic mass is 19.4. The van der Waals surface area contributed by atoms with Gasteiger partial charge in [0, 0.05) is 32.2 Å². The van der Waals surface area contributed by atoms with Crippen molar-refractivity contribution >= 4 is 11.7 Å². The molecule has 0 N–H and O–H groups in total. The summed E-state index contributed by atoms with van der Waals surface area (Å²) in [5.41, 5.74) is -1.31. The first-order valence-electron chi connectivity index (χ1n) is 12.8. The molecule has 0 spiro atoms. The van der Waals surface area contributed by atoms with Crippen LogP contribution in [-0.4, -0.2) is 72.4 Å². The minimum Gasteiger partial charge on any atom is -0.379 e. The molecule has 35 heavy (non-hydrogen) atoms. The molecule has 1 aromatic heterocycles. The van der Waals surface area contributed by atoms with Gasteiger partial charge in [0.25, 0.3) is 0 Å². The summed E-state index contributed by atoms with van der Waals surface area (Å²) < 4.78 is 50.5. The number of anilines is 1. The standard InChI is InChI=1S/C25H35F3N4O3/c1-3-24(6-4-16(10-24)8-17-5-7-35-15-20(17)34-2)23(33)32-14-18-9-19(32)13-31(18)22-12-29-11-21(30-22)25(26,27)28/h11-12,16-20H,3-10,13-15H2,1-2H3/t16-,17+,18-,19-,20+,24-/m0/s1. The Morgan fingerprint density at radius 2 is 2.09 bits per heavy atom. The molecule has 6 atom stereocenters. The first kappa shape index (κ1) is 24.7. The molecule has 1 aromatic rings. The molecule has 4 fully saturated rings. The van der Waals surface area contributed by atoms with Crippen molar-refractivity contribution in [1.82, 2.24) is 14.9 Å². The maximum Gasteiger partial charge on any atom is 0.434 e. The van der Waals surface area contributed by atoms with Gasteiger partial charge in [-0.2, -0.15) is 13.2 Å². The second-order valence-corrected chi connectivity index (χ2v) is 10.8. The largest absolute Gasteiger partial charge is 0.434 e. The number of aromatic nitrogens is 2. The molecule has 1 amide bonds.